The summed E-state index contributed by atoms with van der Waals surface area (Å²) in [6, 6.07) is 14.3. The zero-order valence-electron chi connectivity index (χ0n) is 25.7. The van der Waals surface area contributed by atoms with Gasteiger partial charge >= 0.3 is 18.0 Å². The Morgan fingerprint density at radius 1 is 0.907 bits per heavy atom. The van der Waals surface area contributed by atoms with Gasteiger partial charge in [-0.2, -0.15) is 0 Å². The molecule has 2 aromatic carbocycles. The van der Waals surface area contributed by atoms with Gasteiger partial charge in [0.2, 0.25) is 5.13 Å². The van der Waals surface area contributed by atoms with Crippen LogP contribution in [0.15, 0.2) is 48.5 Å². The van der Waals surface area contributed by atoms with Crippen molar-refractivity contribution in [3.63, 3.8) is 0 Å². The van der Waals surface area contributed by atoms with Crippen molar-refractivity contribution in [2.24, 2.45) is 0 Å². The molecule has 0 radical (unpaired) electrons. The van der Waals surface area contributed by atoms with E-state index in [2.05, 4.69) is 0 Å². The summed E-state index contributed by atoms with van der Waals surface area (Å²) in [5, 5.41) is 0.219. The number of methoxy groups -OCH3 is 2. The second kappa shape index (κ2) is 15.4. The van der Waals surface area contributed by atoms with E-state index in [0.29, 0.717) is 22.9 Å². The van der Waals surface area contributed by atoms with E-state index in [4.69, 9.17) is 28.7 Å². The first kappa shape index (κ1) is 33.3. The zero-order chi connectivity index (χ0) is 31.6. The number of amides is 1. The number of hydrogen-bond donors (Lipinski definition) is 0. The van der Waals surface area contributed by atoms with Crippen molar-refractivity contribution in [3.05, 3.63) is 64.7 Å². The Morgan fingerprint density at radius 2 is 1.60 bits per heavy atom. The summed E-state index contributed by atoms with van der Waals surface area (Å²) >= 11 is 1.01. The summed E-state index contributed by atoms with van der Waals surface area (Å²) in [5.74, 6) is 0.159. The Hall–Kier alpha value is -4.16. The first-order chi connectivity index (χ1) is 20.5. The van der Waals surface area contributed by atoms with Gasteiger partial charge in [-0.25, -0.2) is 19.5 Å². The highest BCUT2D eigenvalue weighted by Crippen LogP contribution is 2.35. The number of ether oxygens (including phenoxy) is 5. The summed E-state index contributed by atoms with van der Waals surface area (Å²) in [5.41, 5.74) is 0.848. The van der Waals surface area contributed by atoms with Gasteiger partial charge in [0.15, 0.2) is 0 Å². The summed E-state index contributed by atoms with van der Waals surface area (Å²) in [7, 11) is 3.11. The third-order valence-electron chi connectivity index (χ3n) is 5.85. The zero-order valence-corrected chi connectivity index (χ0v) is 26.5. The molecule has 0 aliphatic carbocycles. The molecule has 0 fully saturated rings. The molecule has 1 amide bonds. The van der Waals surface area contributed by atoms with Gasteiger partial charge in [0.1, 0.15) is 22.0 Å². The summed E-state index contributed by atoms with van der Waals surface area (Å²) in [4.78, 5) is 47.3. The molecule has 1 heterocycles. The van der Waals surface area contributed by atoms with Gasteiger partial charge in [0.25, 0.3) is 0 Å². The number of nitrogens with zero attached hydrogens (tertiary/aromatic N) is 3. The molecule has 0 unspecified atom stereocenters. The monoisotopic (exact) mass is 613 g/mol. The van der Waals surface area contributed by atoms with Gasteiger partial charge in [-0.15, -0.1) is 0 Å². The van der Waals surface area contributed by atoms with Crippen LogP contribution in [0.5, 0.6) is 11.5 Å². The van der Waals surface area contributed by atoms with Crippen LogP contribution >= 0.6 is 11.3 Å². The van der Waals surface area contributed by atoms with Gasteiger partial charge in [0.05, 0.1) is 45.4 Å². The maximum atomic E-state index is 13.4. The second-order valence-electron chi connectivity index (χ2n) is 10.3. The number of esters is 2. The number of para-hydroxylation sites is 1. The minimum atomic E-state index is -0.776. The van der Waals surface area contributed by atoms with Crippen molar-refractivity contribution in [2.45, 2.75) is 53.3 Å². The molecule has 3 aromatic rings. The molecule has 1 aromatic heterocycles. The molecule has 0 atom stereocenters. The van der Waals surface area contributed by atoms with E-state index in [9.17, 15) is 14.4 Å². The fourth-order valence-corrected chi connectivity index (χ4v) is 5.05. The fraction of sp³-hybridized carbons (Fsp3) is 0.419. The van der Waals surface area contributed by atoms with Crippen molar-refractivity contribution in [3.8, 4) is 11.5 Å². The molecule has 0 spiro atoms. The number of aromatic nitrogens is 1. The van der Waals surface area contributed by atoms with Crippen LogP contribution in [-0.4, -0.2) is 67.5 Å². The number of benzene rings is 2. The normalized spacial score (nSPS) is 11.2. The lowest BCUT2D eigenvalue weighted by molar-refractivity contribution is -0.144. The Kier molecular flexibility index (Phi) is 11.9. The highest BCUT2D eigenvalue weighted by Gasteiger charge is 2.31. The molecule has 0 N–H and O–H groups in total. The molecular formula is C31H39N3O8S. The maximum absolute atomic E-state index is 13.4. The SMILES string of the molecule is CCOC(=O)CN(Cc1ccc(OC)cc1OC)Cc1nc(N(C(=O)OC(C)(C)C)c2ccccc2)sc1C(=O)OCC. The summed E-state index contributed by atoms with van der Waals surface area (Å²) < 4.78 is 27.1. The smallest absolute Gasteiger partial charge is 0.421 e. The van der Waals surface area contributed by atoms with Gasteiger partial charge in [0, 0.05) is 24.7 Å². The Morgan fingerprint density at radius 3 is 2.21 bits per heavy atom. The van der Waals surface area contributed by atoms with Crippen LogP contribution in [0, 0.1) is 0 Å². The molecule has 43 heavy (non-hydrogen) atoms. The number of rotatable bonds is 13. The molecule has 3 rings (SSSR count). The molecule has 11 nitrogen and oxygen atoms in total. The predicted molar refractivity (Wildman–Crippen MR) is 163 cm³/mol. The fourth-order valence-electron chi connectivity index (χ4n) is 4.07. The largest absolute Gasteiger partial charge is 0.497 e. The quantitative estimate of drug-likeness (QED) is 0.168. The Balaban J connectivity index is 2.08. The number of carbonyl (C=O) groups excluding carboxylic acids is 3. The lowest BCUT2D eigenvalue weighted by Crippen LogP contribution is -2.34. The van der Waals surface area contributed by atoms with Crippen molar-refractivity contribution in [1.29, 1.82) is 0 Å². The molecule has 232 valence electrons. The number of hydrogen-bond acceptors (Lipinski definition) is 11. The average molecular weight is 614 g/mol. The van der Waals surface area contributed by atoms with Crippen LogP contribution in [0.1, 0.15) is 55.5 Å². The van der Waals surface area contributed by atoms with E-state index in [1.165, 1.54) is 4.90 Å². The highest BCUT2D eigenvalue weighted by atomic mass is 32.1. The van der Waals surface area contributed by atoms with E-state index in [-0.39, 0.29) is 42.9 Å². The number of carbonyl (C=O) groups is 3. The lowest BCUT2D eigenvalue weighted by atomic mass is 10.1. The van der Waals surface area contributed by atoms with E-state index >= 15 is 0 Å². The van der Waals surface area contributed by atoms with Crippen molar-refractivity contribution in [1.82, 2.24) is 9.88 Å². The minimum Gasteiger partial charge on any atom is -0.497 e. The van der Waals surface area contributed by atoms with Gasteiger partial charge < -0.3 is 23.7 Å². The van der Waals surface area contributed by atoms with Gasteiger partial charge in [-0.05, 0) is 52.8 Å². The molecule has 12 heteroatoms. The predicted octanol–water partition coefficient (Wildman–Crippen LogP) is 5.98. The average Bonchev–Trinajstić information content (AvgIpc) is 3.36. The number of thiazole rings is 1. The summed E-state index contributed by atoms with van der Waals surface area (Å²) in [6.07, 6.45) is -0.652. The standard InChI is InChI=1S/C31H39N3O8S/c1-8-40-26(35)20-33(18-21-15-16-23(38-6)17-25(21)39-7)19-24-27(28(36)41-9-2)43-29(32-24)34(22-13-11-10-12-14-22)30(37)42-31(3,4)5/h10-17H,8-9,18-20H2,1-7H3. The van der Waals surface area contributed by atoms with E-state index < -0.39 is 23.6 Å². The Bertz CT molecular complexity index is 1390. The second-order valence-corrected chi connectivity index (χ2v) is 11.2. The first-order valence-electron chi connectivity index (χ1n) is 13.8. The van der Waals surface area contributed by atoms with Gasteiger partial charge in [-0.1, -0.05) is 35.6 Å². The molecule has 0 aliphatic heterocycles. The molecule has 0 aliphatic rings. The van der Waals surface area contributed by atoms with Crippen LogP contribution in [0.4, 0.5) is 15.6 Å². The van der Waals surface area contributed by atoms with Crippen LogP contribution in [0.3, 0.4) is 0 Å². The minimum absolute atomic E-state index is 0.0651. The topological polar surface area (TPSA) is 117 Å². The van der Waals surface area contributed by atoms with Crippen molar-refractivity contribution in [2.75, 3.05) is 38.9 Å². The molecule has 0 saturated carbocycles. The lowest BCUT2D eigenvalue weighted by Gasteiger charge is -2.26. The molecule has 0 bridgehead atoms. The summed E-state index contributed by atoms with van der Waals surface area (Å²) in [6.45, 7) is 9.35. The van der Waals surface area contributed by atoms with Crippen molar-refractivity contribution < 1.29 is 38.1 Å². The third kappa shape index (κ3) is 9.42. The van der Waals surface area contributed by atoms with Crippen LogP contribution in [0.25, 0.3) is 0 Å². The van der Waals surface area contributed by atoms with E-state index in [0.717, 1.165) is 16.9 Å². The highest BCUT2D eigenvalue weighted by molar-refractivity contribution is 7.17. The first-order valence-corrected chi connectivity index (χ1v) is 14.6. The molecular weight excluding hydrogens is 574 g/mol. The molecule has 0 saturated heterocycles. The van der Waals surface area contributed by atoms with Gasteiger partial charge in [-0.3, -0.25) is 9.69 Å². The van der Waals surface area contributed by atoms with Crippen LogP contribution in [-0.2, 0) is 32.1 Å². The maximum Gasteiger partial charge on any atom is 0.421 e. The number of anilines is 2. The third-order valence-corrected chi connectivity index (χ3v) is 6.91. The van der Waals surface area contributed by atoms with Crippen LogP contribution < -0.4 is 14.4 Å². The van der Waals surface area contributed by atoms with E-state index in [1.54, 1.807) is 90.1 Å². The van der Waals surface area contributed by atoms with Crippen LogP contribution in [0.2, 0.25) is 0 Å². The van der Waals surface area contributed by atoms with Crippen molar-refractivity contribution >= 4 is 40.2 Å². The Labute approximate surface area is 256 Å². The van der Waals surface area contributed by atoms with E-state index in [1.807, 2.05) is 12.1 Å².